The lowest BCUT2D eigenvalue weighted by Gasteiger charge is -2.33. The summed E-state index contributed by atoms with van der Waals surface area (Å²) in [6, 6.07) is 103. The van der Waals surface area contributed by atoms with E-state index in [1.165, 1.54) is 77.2 Å². The summed E-state index contributed by atoms with van der Waals surface area (Å²) in [5.41, 5.74) is 20.9. The van der Waals surface area contributed by atoms with Crippen LogP contribution in [0.4, 0.5) is 34.1 Å². The van der Waals surface area contributed by atoms with Crippen LogP contribution in [0, 0.1) is 27.7 Å². The van der Waals surface area contributed by atoms with Crippen LogP contribution in [0.3, 0.4) is 0 Å². The fourth-order valence-corrected chi connectivity index (χ4v) is 11.4. The highest BCUT2D eigenvalue weighted by Gasteiger charge is 2.27. The van der Waals surface area contributed by atoms with Gasteiger partial charge in [-0.1, -0.05) is 229 Å². The molecule has 0 atom stereocenters. The van der Waals surface area contributed by atoms with Gasteiger partial charge in [-0.2, -0.15) is 0 Å². The molecule has 0 N–H and O–H groups in total. The zero-order valence-electron chi connectivity index (χ0n) is 45.6. The van der Waals surface area contributed by atoms with Crippen LogP contribution in [0.25, 0.3) is 66.4 Å². The number of hydrogen-bond donors (Lipinski definition) is 0. The van der Waals surface area contributed by atoms with Gasteiger partial charge in [0.1, 0.15) is 0 Å². The first kappa shape index (κ1) is 49.5. The highest BCUT2D eigenvalue weighted by molar-refractivity contribution is 6.27. The highest BCUT2D eigenvalue weighted by atomic mass is 15.2. The Hall–Kier alpha value is -10.0. The van der Waals surface area contributed by atoms with Crippen LogP contribution < -0.4 is 9.80 Å². The molecule has 13 aromatic rings. The Balaban J connectivity index is 1.04. The summed E-state index contributed by atoms with van der Waals surface area (Å²) in [5, 5.41) is 9.32. The number of rotatable bonds is 12. The lowest BCUT2D eigenvalue weighted by atomic mass is 9.91. The van der Waals surface area contributed by atoms with E-state index in [4.69, 9.17) is 0 Å². The van der Waals surface area contributed by atoms with Gasteiger partial charge in [-0.15, -0.1) is 0 Å². The van der Waals surface area contributed by atoms with Crippen molar-refractivity contribution in [1.82, 2.24) is 0 Å². The van der Waals surface area contributed by atoms with Crippen LogP contribution in [0.2, 0.25) is 0 Å². The molecule has 2 heteroatoms. The molecule has 0 aliphatic heterocycles. The molecule has 0 aliphatic rings. The van der Waals surface area contributed by atoms with Crippen molar-refractivity contribution in [3.63, 3.8) is 0 Å². The molecule has 0 spiro atoms. The van der Waals surface area contributed by atoms with E-state index in [0.29, 0.717) is 0 Å². The van der Waals surface area contributed by atoms with Gasteiger partial charge in [-0.05, 0) is 179 Å². The fourth-order valence-electron chi connectivity index (χ4n) is 11.4. The minimum atomic E-state index is 1.07. The van der Waals surface area contributed by atoms with Gasteiger partial charge in [0.15, 0.2) is 0 Å². The maximum atomic E-state index is 2.49. The van der Waals surface area contributed by atoms with E-state index in [0.717, 1.165) is 66.8 Å². The topological polar surface area (TPSA) is 6.48 Å². The molecule has 0 radical (unpaired) electrons. The molecule has 13 rings (SSSR count). The van der Waals surface area contributed by atoms with Crippen molar-refractivity contribution >= 4 is 101 Å². The van der Waals surface area contributed by atoms with E-state index in [9.17, 15) is 0 Å². The van der Waals surface area contributed by atoms with Crippen LogP contribution in [-0.2, 0) is 0 Å². The molecule has 0 saturated heterocycles. The molecule has 382 valence electrons. The molecule has 0 unspecified atom stereocenters. The third-order valence-corrected chi connectivity index (χ3v) is 15.6. The van der Waals surface area contributed by atoms with Gasteiger partial charge in [0, 0.05) is 44.3 Å². The molecule has 0 heterocycles. The smallest absolute Gasteiger partial charge is 0.0620 e. The van der Waals surface area contributed by atoms with Crippen LogP contribution in [0.5, 0.6) is 0 Å². The second kappa shape index (κ2) is 21.4. The molecular formula is C78H60N2. The number of hydrogen-bond acceptors (Lipinski definition) is 2. The van der Waals surface area contributed by atoms with Gasteiger partial charge >= 0.3 is 0 Å². The van der Waals surface area contributed by atoms with E-state index in [2.05, 4.69) is 329 Å². The summed E-state index contributed by atoms with van der Waals surface area (Å²) in [6.07, 6.45) is 4.66. The molecule has 0 bridgehead atoms. The third kappa shape index (κ3) is 9.85. The predicted octanol–water partition coefficient (Wildman–Crippen LogP) is 21.7. The third-order valence-electron chi connectivity index (χ3n) is 15.6. The number of benzene rings is 13. The lowest BCUT2D eigenvalue weighted by Crippen LogP contribution is -2.14. The molecule has 80 heavy (non-hydrogen) atoms. The summed E-state index contributed by atoms with van der Waals surface area (Å²) < 4.78 is 0. The van der Waals surface area contributed by atoms with Gasteiger partial charge in [0.05, 0.1) is 11.4 Å². The number of anilines is 6. The van der Waals surface area contributed by atoms with Crippen molar-refractivity contribution in [2.45, 2.75) is 27.7 Å². The van der Waals surface area contributed by atoms with Crippen molar-refractivity contribution in [3.05, 3.63) is 335 Å². The molecule has 0 amide bonds. The van der Waals surface area contributed by atoms with Crippen molar-refractivity contribution in [2.75, 3.05) is 9.80 Å². The minimum Gasteiger partial charge on any atom is -0.309 e. The number of para-hydroxylation sites is 2. The first-order valence-corrected chi connectivity index (χ1v) is 27.7. The summed E-state index contributed by atoms with van der Waals surface area (Å²) in [4.78, 5) is 4.97. The Morgan fingerprint density at radius 1 is 0.250 bits per heavy atom. The Morgan fingerprint density at radius 2 is 0.487 bits per heavy atom. The largest absolute Gasteiger partial charge is 0.309 e. The van der Waals surface area contributed by atoms with Crippen LogP contribution in [0.1, 0.15) is 55.6 Å². The molecule has 0 fully saturated rings. The summed E-state index contributed by atoms with van der Waals surface area (Å²) in [6.45, 7) is 8.58. The van der Waals surface area contributed by atoms with E-state index in [1.54, 1.807) is 0 Å². The van der Waals surface area contributed by atoms with Gasteiger partial charge in [-0.3, -0.25) is 0 Å². The standard InChI is InChI=1S/C78H60N2/c1-53-23-35-59(36-24-53)71(60-37-25-54(2)26-38-60)47-57-31-43-69(44-32-57)79(67-19-7-5-8-20-67)77-73-49-63-15-11-13-17-65(63)51-75(73)78(76-52-66-18-14-12-16-64(66)50-74(76)77)80(68-21-9-6-10-22-68)70-45-33-58(34-46-70)48-72(61-39-27-55(3)28-40-61)62-41-29-56(4)30-42-62/h5-52H,1-4H3. The van der Waals surface area contributed by atoms with E-state index in [1.807, 2.05) is 0 Å². The fraction of sp³-hybridized carbons (Fsp3) is 0.0513. The van der Waals surface area contributed by atoms with Crippen molar-refractivity contribution in [3.8, 4) is 0 Å². The Bertz CT molecular complexity index is 3940. The SMILES string of the molecule is Cc1ccc(C(=Cc2ccc(N(c3ccccc3)c3c4cc5ccccc5cc4c(N(c4ccccc4)c4ccc(C=C(c5ccc(C)cc5)c5ccc(C)cc5)cc4)c4cc5ccccc5cc34)cc2)c2ccc(C)cc2)cc1. The second-order valence-corrected chi connectivity index (χ2v) is 21.3. The van der Waals surface area contributed by atoms with Crippen LogP contribution >= 0.6 is 0 Å². The first-order chi connectivity index (χ1) is 39.3. The summed E-state index contributed by atoms with van der Waals surface area (Å²) in [7, 11) is 0. The zero-order chi connectivity index (χ0) is 54.1. The number of nitrogens with zero attached hydrogens (tertiary/aromatic N) is 2. The van der Waals surface area contributed by atoms with Crippen molar-refractivity contribution in [1.29, 1.82) is 0 Å². The molecule has 0 aromatic heterocycles. The molecule has 2 nitrogen and oxygen atoms in total. The lowest BCUT2D eigenvalue weighted by molar-refractivity contribution is 1.29. The number of fused-ring (bicyclic) bond motifs is 4. The van der Waals surface area contributed by atoms with Gasteiger partial charge in [0.25, 0.3) is 0 Å². The van der Waals surface area contributed by atoms with Crippen molar-refractivity contribution < 1.29 is 0 Å². The zero-order valence-corrected chi connectivity index (χ0v) is 45.6. The molecule has 0 aliphatic carbocycles. The van der Waals surface area contributed by atoms with Crippen LogP contribution in [0.15, 0.2) is 279 Å². The summed E-state index contributed by atoms with van der Waals surface area (Å²) >= 11 is 0. The van der Waals surface area contributed by atoms with Gasteiger partial charge in [-0.25, -0.2) is 0 Å². The van der Waals surface area contributed by atoms with E-state index in [-0.39, 0.29) is 0 Å². The Kier molecular flexibility index (Phi) is 13.3. The molecule has 0 saturated carbocycles. The molecule has 13 aromatic carbocycles. The minimum absolute atomic E-state index is 1.07. The maximum Gasteiger partial charge on any atom is 0.0620 e. The maximum absolute atomic E-state index is 2.49. The van der Waals surface area contributed by atoms with Crippen molar-refractivity contribution in [2.24, 2.45) is 0 Å². The molecular weight excluding hydrogens is 965 g/mol. The van der Waals surface area contributed by atoms with E-state index >= 15 is 0 Å². The average molecular weight is 1030 g/mol. The Labute approximate surface area is 470 Å². The number of aryl methyl sites for hydroxylation is 4. The average Bonchev–Trinajstić information content (AvgIpc) is 3.55. The first-order valence-electron chi connectivity index (χ1n) is 27.7. The van der Waals surface area contributed by atoms with E-state index < -0.39 is 0 Å². The monoisotopic (exact) mass is 1020 g/mol. The van der Waals surface area contributed by atoms with Crippen LogP contribution in [-0.4, -0.2) is 0 Å². The predicted molar refractivity (Wildman–Crippen MR) is 344 cm³/mol. The summed E-state index contributed by atoms with van der Waals surface area (Å²) in [5.74, 6) is 0. The quantitative estimate of drug-likeness (QED) is 0.0684. The second-order valence-electron chi connectivity index (χ2n) is 21.3. The Morgan fingerprint density at radius 3 is 0.750 bits per heavy atom. The highest BCUT2D eigenvalue weighted by Crippen LogP contribution is 2.53. The van der Waals surface area contributed by atoms with Gasteiger partial charge in [0.2, 0.25) is 0 Å². The van der Waals surface area contributed by atoms with Gasteiger partial charge < -0.3 is 9.80 Å². The normalized spacial score (nSPS) is 11.2.